The Morgan fingerprint density at radius 2 is 2.21 bits per heavy atom. The molecular formula is C6H7F2N3O2S. The van der Waals surface area contributed by atoms with Crippen LogP contribution >= 0.6 is 0 Å². The molecule has 0 radical (unpaired) electrons. The Morgan fingerprint density at radius 3 is 2.79 bits per heavy atom. The van der Waals surface area contributed by atoms with Crippen LogP contribution in [0.1, 0.15) is 11.3 Å². The van der Waals surface area contributed by atoms with Crippen LogP contribution < -0.4 is 0 Å². The lowest BCUT2D eigenvalue weighted by Crippen LogP contribution is -2.31. The first kappa shape index (κ1) is 9.53. The maximum absolute atomic E-state index is 12.1. The Morgan fingerprint density at radius 1 is 1.50 bits per heavy atom. The van der Waals surface area contributed by atoms with Crippen molar-refractivity contribution in [2.24, 2.45) is 0 Å². The van der Waals surface area contributed by atoms with Crippen molar-refractivity contribution in [3.05, 3.63) is 17.5 Å². The van der Waals surface area contributed by atoms with Gasteiger partial charge in [0, 0.05) is 12.1 Å². The van der Waals surface area contributed by atoms with E-state index < -0.39 is 15.8 Å². The van der Waals surface area contributed by atoms with Gasteiger partial charge in [0.2, 0.25) is 0 Å². The smallest absolute Gasteiger partial charge is 0.281 e. The van der Waals surface area contributed by atoms with Gasteiger partial charge in [0.15, 0.2) is 0 Å². The normalized spacial score (nSPS) is 17.6. The van der Waals surface area contributed by atoms with Crippen molar-refractivity contribution in [1.82, 2.24) is 14.5 Å². The van der Waals surface area contributed by atoms with Gasteiger partial charge in [-0.25, -0.2) is 8.42 Å². The molecule has 0 bridgehead atoms. The molecule has 2 heterocycles. The lowest BCUT2D eigenvalue weighted by atomic mass is 10.3. The number of alkyl halides is 2. The summed E-state index contributed by atoms with van der Waals surface area (Å²) in [5.41, 5.74) is 1.23. The van der Waals surface area contributed by atoms with Crippen LogP contribution in [-0.2, 0) is 23.1 Å². The SMILES string of the molecule is O=S(=O)(C(F)F)N1Cc2cn[nH]c2C1. The zero-order chi connectivity index (χ0) is 10.3. The molecule has 0 fully saturated rings. The molecule has 5 nitrogen and oxygen atoms in total. The summed E-state index contributed by atoms with van der Waals surface area (Å²) in [5, 5.41) is 6.23. The molecule has 0 saturated carbocycles. The van der Waals surface area contributed by atoms with Crippen LogP contribution in [-0.4, -0.2) is 28.7 Å². The minimum absolute atomic E-state index is 0.0293. The van der Waals surface area contributed by atoms with E-state index >= 15 is 0 Å². The van der Waals surface area contributed by atoms with Crippen LogP contribution in [0, 0.1) is 0 Å². The predicted octanol–water partition coefficient (Wildman–Crippen LogP) is 0.278. The van der Waals surface area contributed by atoms with Gasteiger partial charge in [0.1, 0.15) is 0 Å². The summed E-state index contributed by atoms with van der Waals surface area (Å²) < 4.78 is 47.1. The summed E-state index contributed by atoms with van der Waals surface area (Å²) in [5.74, 6) is -3.36. The predicted molar refractivity (Wildman–Crippen MR) is 42.8 cm³/mol. The quantitative estimate of drug-likeness (QED) is 0.783. The van der Waals surface area contributed by atoms with Gasteiger partial charge in [-0.15, -0.1) is 0 Å². The van der Waals surface area contributed by atoms with E-state index in [1.807, 2.05) is 0 Å². The minimum atomic E-state index is -4.46. The molecule has 0 aliphatic carbocycles. The highest BCUT2D eigenvalue weighted by Crippen LogP contribution is 2.25. The molecule has 0 unspecified atom stereocenters. The summed E-state index contributed by atoms with van der Waals surface area (Å²) >= 11 is 0. The maximum Gasteiger partial charge on any atom is 0.350 e. The topological polar surface area (TPSA) is 66.1 Å². The van der Waals surface area contributed by atoms with Crippen molar-refractivity contribution in [2.75, 3.05) is 0 Å². The fourth-order valence-corrected chi connectivity index (χ4v) is 2.18. The van der Waals surface area contributed by atoms with Crippen LogP contribution in [0.2, 0.25) is 0 Å². The van der Waals surface area contributed by atoms with Crippen molar-refractivity contribution in [3.8, 4) is 0 Å². The third kappa shape index (κ3) is 1.30. The molecule has 8 heteroatoms. The van der Waals surface area contributed by atoms with E-state index in [0.717, 1.165) is 4.31 Å². The zero-order valence-electron chi connectivity index (χ0n) is 6.94. The summed E-state index contributed by atoms with van der Waals surface area (Å²) in [6.07, 6.45) is 1.44. The number of fused-ring (bicyclic) bond motifs is 1. The van der Waals surface area contributed by atoms with Gasteiger partial charge < -0.3 is 0 Å². The fraction of sp³-hybridized carbons (Fsp3) is 0.500. The van der Waals surface area contributed by atoms with Crippen LogP contribution in [0.5, 0.6) is 0 Å². The van der Waals surface area contributed by atoms with E-state index in [-0.39, 0.29) is 13.1 Å². The fourth-order valence-electron chi connectivity index (χ4n) is 1.33. The van der Waals surface area contributed by atoms with Gasteiger partial charge in [-0.3, -0.25) is 5.10 Å². The molecule has 1 aliphatic heterocycles. The second kappa shape index (κ2) is 2.99. The molecule has 1 aromatic heterocycles. The van der Waals surface area contributed by atoms with Crippen molar-refractivity contribution >= 4 is 10.0 Å². The highest BCUT2D eigenvalue weighted by molar-refractivity contribution is 7.89. The number of sulfonamides is 1. The molecule has 1 N–H and O–H groups in total. The number of hydrogen-bond acceptors (Lipinski definition) is 3. The lowest BCUT2D eigenvalue weighted by molar-refractivity contribution is 0.218. The first-order valence-electron chi connectivity index (χ1n) is 3.80. The van der Waals surface area contributed by atoms with E-state index in [1.165, 1.54) is 6.20 Å². The van der Waals surface area contributed by atoms with E-state index in [9.17, 15) is 17.2 Å². The van der Waals surface area contributed by atoms with Crippen molar-refractivity contribution in [1.29, 1.82) is 0 Å². The third-order valence-corrected chi connectivity index (χ3v) is 3.50. The first-order valence-corrected chi connectivity index (χ1v) is 5.30. The Balaban J connectivity index is 2.24. The zero-order valence-corrected chi connectivity index (χ0v) is 7.76. The standard InChI is InChI=1S/C6H7F2N3O2S/c7-6(8)14(12,13)11-2-4-1-9-10-5(4)3-11/h1,6H,2-3H2,(H,9,10). The lowest BCUT2D eigenvalue weighted by Gasteiger charge is -2.13. The summed E-state index contributed by atoms with van der Waals surface area (Å²) in [6.45, 7) is -0.0828. The highest BCUT2D eigenvalue weighted by atomic mass is 32.2. The second-order valence-electron chi connectivity index (χ2n) is 2.95. The first-order chi connectivity index (χ1) is 6.51. The number of nitrogens with zero attached hydrogens (tertiary/aromatic N) is 2. The summed E-state index contributed by atoms with van der Waals surface area (Å²) in [7, 11) is -4.46. The van der Waals surface area contributed by atoms with Crippen LogP contribution in [0.4, 0.5) is 8.78 Å². The van der Waals surface area contributed by atoms with Crippen LogP contribution in [0.25, 0.3) is 0 Å². The molecule has 14 heavy (non-hydrogen) atoms. The Bertz CT molecular complexity index is 421. The number of halogens is 2. The Hall–Kier alpha value is -1.02. The number of H-pyrrole nitrogens is 1. The summed E-state index contributed by atoms with van der Waals surface area (Å²) in [4.78, 5) is 0. The Kier molecular flexibility index (Phi) is 2.04. The van der Waals surface area contributed by atoms with Crippen molar-refractivity contribution in [3.63, 3.8) is 0 Å². The Labute approximate surface area is 78.8 Å². The van der Waals surface area contributed by atoms with Gasteiger partial charge in [-0.05, 0) is 0 Å². The van der Waals surface area contributed by atoms with E-state index in [4.69, 9.17) is 0 Å². The number of hydrogen-bond donors (Lipinski definition) is 1. The number of aromatic amines is 1. The molecular weight excluding hydrogens is 216 g/mol. The average Bonchev–Trinajstić information content (AvgIpc) is 2.60. The minimum Gasteiger partial charge on any atom is -0.281 e. The van der Waals surface area contributed by atoms with Crippen LogP contribution in [0.15, 0.2) is 6.20 Å². The van der Waals surface area contributed by atoms with E-state index in [0.29, 0.717) is 11.3 Å². The number of nitrogens with one attached hydrogen (secondary N) is 1. The van der Waals surface area contributed by atoms with E-state index in [1.54, 1.807) is 0 Å². The second-order valence-corrected chi connectivity index (χ2v) is 4.85. The molecule has 0 spiro atoms. The molecule has 0 saturated heterocycles. The van der Waals surface area contributed by atoms with Gasteiger partial charge in [-0.1, -0.05) is 0 Å². The average molecular weight is 223 g/mol. The van der Waals surface area contributed by atoms with Gasteiger partial charge in [-0.2, -0.15) is 18.2 Å². The number of rotatable bonds is 2. The maximum atomic E-state index is 12.1. The van der Waals surface area contributed by atoms with Gasteiger partial charge in [0.25, 0.3) is 10.0 Å². The molecule has 78 valence electrons. The molecule has 1 aromatic rings. The molecule has 1 aliphatic rings. The van der Waals surface area contributed by atoms with Crippen LogP contribution in [0.3, 0.4) is 0 Å². The number of aromatic nitrogens is 2. The molecule has 0 amide bonds. The monoisotopic (exact) mass is 223 g/mol. The van der Waals surface area contributed by atoms with Gasteiger partial charge in [0.05, 0.1) is 18.4 Å². The third-order valence-electron chi connectivity index (χ3n) is 2.07. The van der Waals surface area contributed by atoms with E-state index in [2.05, 4.69) is 10.2 Å². The highest BCUT2D eigenvalue weighted by Gasteiger charge is 2.36. The molecule has 2 rings (SSSR count). The molecule has 0 atom stereocenters. The largest absolute Gasteiger partial charge is 0.350 e. The summed E-state index contributed by atoms with van der Waals surface area (Å²) in [6, 6.07) is 0. The molecule has 0 aromatic carbocycles. The van der Waals surface area contributed by atoms with Crippen molar-refractivity contribution < 1.29 is 17.2 Å². The van der Waals surface area contributed by atoms with Crippen molar-refractivity contribution in [2.45, 2.75) is 18.8 Å². The van der Waals surface area contributed by atoms with Gasteiger partial charge >= 0.3 is 5.76 Å².